The van der Waals surface area contributed by atoms with E-state index in [1.807, 2.05) is 0 Å². The Labute approximate surface area is 61.7 Å². The molecule has 5 heteroatoms. The van der Waals surface area contributed by atoms with E-state index in [4.69, 9.17) is 4.12 Å². The summed E-state index contributed by atoms with van der Waals surface area (Å²) in [4.78, 5) is 0. The van der Waals surface area contributed by atoms with Gasteiger partial charge in [0.05, 0.1) is 0 Å². The molecule has 0 spiro atoms. The van der Waals surface area contributed by atoms with Crippen molar-refractivity contribution in [2.75, 3.05) is 0 Å². The minimum absolute atomic E-state index is 0. The molecule has 0 unspecified atom stereocenters. The van der Waals surface area contributed by atoms with Crippen molar-refractivity contribution >= 4 is 18.3 Å². The SMILES string of the molecule is [Pt].[SiH3]O[SiH2][Pd]. The van der Waals surface area contributed by atoms with Crippen LogP contribution in [-0.2, 0) is 43.7 Å². The number of hydrogen-bond donors (Lipinski definition) is 0. The number of rotatable bonds is 1. The monoisotopic (exact) mass is 378 g/mol. The van der Waals surface area contributed by atoms with Crippen LogP contribution < -0.4 is 0 Å². The van der Waals surface area contributed by atoms with Gasteiger partial charge in [0, 0.05) is 21.1 Å². The molecule has 0 fully saturated rings. The average molecular weight is 379 g/mol. The zero-order valence-electron chi connectivity index (χ0n) is 2.75. The zero-order valence-corrected chi connectivity index (χ0v) is 9.99. The summed E-state index contributed by atoms with van der Waals surface area (Å²) in [6, 6.07) is 0. The maximum absolute atomic E-state index is 4.75. The van der Waals surface area contributed by atoms with E-state index in [1.165, 1.54) is 0 Å². The van der Waals surface area contributed by atoms with Gasteiger partial charge in [-0.2, -0.15) is 0 Å². The minimum atomic E-state index is -0.164. The quantitative estimate of drug-likeness (QED) is 0.472. The summed E-state index contributed by atoms with van der Waals surface area (Å²) in [5.41, 5.74) is 0. The molecule has 5 heavy (non-hydrogen) atoms. The molecule has 39 valence electrons. The van der Waals surface area contributed by atoms with Crippen molar-refractivity contribution < 1.29 is 43.7 Å². The van der Waals surface area contributed by atoms with E-state index >= 15 is 0 Å². The van der Waals surface area contributed by atoms with Gasteiger partial charge in [-0.25, -0.2) is 0 Å². The molecule has 0 rings (SSSR count). The molecule has 0 radical (unpaired) electrons. The summed E-state index contributed by atoms with van der Waals surface area (Å²) in [5.74, 6) is 0. The van der Waals surface area contributed by atoms with Crippen LogP contribution in [0.4, 0.5) is 0 Å². The van der Waals surface area contributed by atoms with Crippen molar-refractivity contribution in [2.45, 2.75) is 0 Å². The Kier molecular flexibility index (Phi) is 18.2. The summed E-state index contributed by atoms with van der Waals surface area (Å²) in [5, 5.41) is 0. The van der Waals surface area contributed by atoms with Gasteiger partial charge in [-0.3, -0.25) is 0 Å². The van der Waals surface area contributed by atoms with Crippen LogP contribution in [0.5, 0.6) is 0 Å². The Morgan fingerprint density at radius 3 is 2.00 bits per heavy atom. The van der Waals surface area contributed by atoms with E-state index < -0.39 is 0 Å². The molecule has 0 bridgehead atoms. The molecular weight excluding hydrogens is 374 g/mol. The predicted molar refractivity (Wildman–Crippen MR) is 19.6 cm³/mol. The molecule has 0 aliphatic heterocycles. The Hall–Kier alpha value is 1.74. The molecule has 0 aromatic carbocycles. The van der Waals surface area contributed by atoms with Crippen LogP contribution in [0, 0.1) is 0 Å². The van der Waals surface area contributed by atoms with Gasteiger partial charge < -0.3 is 0 Å². The third-order valence-electron chi connectivity index (χ3n) is 0.0913. The van der Waals surface area contributed by atoms with Crippen LogP contribution in [0.3, 0.4) is 0 Å². The van der Waals surface area contributed by atoms with Crippen LogP contribution in [0.25, 0.3) is 0 Å². The third-order valence-corrected chi connectivity index (χ3v) is 4.86. The van der Waals surface area contributed by atoms with Crippen molar-refractivity contribution in [2.24, 2.45) is 0 Å². The second kappa shape index (κ2) is 9.22. The van der Waals surface area contributed by atoms with Gasteiger partial charge in [0.25, 0.3) is 0 Å². The van der Waals surface area contributed by atoms with E-state index in [9.17, 15) is 0 Å². The van der Waals surface area contributed by atoms with Gasteiger partial charge >= 0.3 is 40.9 Å². The first-order chi connectivity index (χ1) is 1.91. The number of hydrogen-bond acceptors (Lipinski definition) is 1. The van der Waals surface area contributed by atoms with Crippen molar-refractivity contribution in [3.8, 4) is 0 Å². The second-order valence-corrected chi connectivity index (χ2v) is 4.22. The van der Waals surface area contributed by atoms with Gasteiger partial charge in [-0.05, 0) is 0 Å². The van der Waals surface area contributed by atoms with Crippen molar-refractivity contribution in [1.82, 2.24) is 0 Å². The Morgan fingerprint density at radius 2 is 2.00 bits per heavy atom. The second-order valence-electron chi connectivity index (χ2n) is 0.380. The Morgan fingerprint density at radius 1 is 1.80 bits per heavy atom. The van der Waals surface area contributed by atoms with E-state index in [0.717, 1.165) is 10.5 Å². The van der Waals surface area contributed by atoms with Crippen molar-refractivity contribution in [3.05, 3.63) is 0 Å². The molecule has 0 saturated heterocycles. The molecule has 0 saturated carbocycles. The normalized spacial score (nSPS) is 9.20. The molecule has 0 aliphatic rings. The van der Waals surface area contributed by atoms with Crippen LogP contribution in [0.15, 0.2) is 0 Å². The molecular formula is H5OPdPtSi2. The third kappa shape index (κ3) is 10.7. The molecule has 0 heterocycles. The van der Waals surface area contributed by atoms with E-state index in [0.29, 0.717) is 0 Å². The van der Waals surface area contributed by atoms with E-state index in [-0.39, 0.29) is 28.9 Å². The van der Waals surface area contributed by atoms with Gasteiger partial charge in [0.1, 0.15) is 0 Å². The van der Waals surface area contributed by atoms with Gasteiger partial charge in [-0.15, -0.1) is 0 Å². The first-order valence-corrected chi connectivity index (χ1v) is 6.06. The molecule has 1 nitrogen and oxygen atoms in total. The first kappa shape index (κ1) is 9.89. The first-order valence-electron chi connectivity index (χ1n) is 0.921. The van der Waals surface area contributed by atoms with Gasteiger partial charge in [0.15, 0.2) is 0 Å². The molecule has 0 N–H and O–H groups in total. The Balaban J connectivity index is 0. The average Bonchev–Trinajstić information content (AvgIpc) is 1.37. The van der Waals surface area contributed by atoms with Crippen LogP contribution in [0.2, 0.25) is 0 Å². The summed E-state index contributed by atoms with van der Waals surface area (Å²) >= 11 is 2.99. The van der Waals surface area contributed by atoms with Crippen LogP contribution in [0.1, 0.15) is 0 Å². The predicted octanol–water partition coefficient (Wildman–Crippen LogP) is -2.17. The van der Waals surface area contributed by atoms with Crippen molar-refractivity contribution in [1.29, 1.82) is 0 Å². The Bertz CT molecular complexity index is 11.6. The summed E-state index contributed by atoms with van der Waals surface area (Å²) in [7, 11) is 0.750. The molecule has 0 aromatic heterocycles. The fraction of sp³-hybridized carbons (Fsp3) is 0. The van der Waals surface area contributed by atoms with Crippen LogP contribution >= 0.6 is 0 Å². The summed E-state index contributed by atoms with van der Waals surface area (Å²) < 4.78 is 4.75. The zero-order chi connectivity index (χ0) is 3.41. The van der Waals surface area contributed by atoms with E-state index in [2.05, 4.69) is 18.5 Å². The molecule has 0 amide bonds. The fourth-order valence-corrected chi connectivity index (χ4v) is 0. The molecule has 0 aliphatic carbocycles. The fourth-order valence-electron chi connectivity index (χ4n) is 0. The van der Waals surface area contributed by atoms with Gasteiger partial charge in [-0.1, -0.05) is 0 Å². The van der Waals surface area contributed by atoms with E-state index in [1.54, 1.807) is 0 Å². The summed E-state index contributed by atoms with van der Waals surface area (Å²) in [6.45, 7) is 0. The maximum atomic E-state index is 4.75. The topological polar surface area (TPSA) is 9.23 Å². The standard InChI is InChI=1S/H5OSi2.Pd.Pt/c2-1-3;;/h2H2,3H3;;. The van der Waals surface area contributed by atoms with Crippen molar-refractivity contribution in [3.63, 3.8) is 0 Å². The molecule has 0 aromatic rings. The molecule has 0 atom stereocenters. The van der Waals surface area contributed by atoms with Gasteiger partial charge in [0.2, 0.25) is 0 Å². The van der Waals surface area contributed by atoms with Crippen LogP contribution in [-0.4, -0.2) is 18.3 Å². The summed E-state index contributed by atoms with van der Waals surface area (Å²) in [6.07, 6.45) is 0.